The number of amides is 1. The van der Waals surface area contributed by atoms with Gasteiger partial charge in [-0.05, 0) is 60.9 Å². The first-order valence-corrected chi connectivity index (χ1v) is 9.53. The first kappa shape index (κ1) is 17.2. The van der Waals surface area contributed by atoms with E-state index in [-0.39, 0.29) is 29.7 Å². The Hall–Kier alpha value is -2.20. The summed E-state index contributed by atoms with van der Waals surface area (Å²) in [5.74, 6) is 0.0285. The predicted octanol–water partition coefficient (Wildman–Crippen LogP) is 3.82. The van der Waals surface area contributed by atoms with Gasteiger partial charge in [-0.3, -0.25) is 4.79 Å². The summed E-state index contributed by atoms with van der Waals surface area (Å²) >= 11 is 0. The van der Waals surface area contributed by atoms with Crippen LogP contribution < -0.4 is 5.73 Å². The van der Waals surface area contributed by atoms with Crippen LogP contribution in [0.2, 0.25) is 0 Å². The highest BCUT2D eigenvalue weighted by molar-refractivity contribution is 5.80. The number of nitrogens with zero attached hydrogens (tertiary/aromatic N) is 1. The second-order valence-electron chi connectivity index (χ2n) is 7.55. The molecule has 4 rings (SSSR count). The molecule has 4 heteroatoms. The molecular weight excluding hydrogens is 327 g/mol. The van der Waals surface area contributed by atoms with Crippen LogP contribution in [0, 0.1) is 11.7 Å². The van der Waals surface area contributed by atoms with E-state index >= 15 is 0 Å². The Morgan fingerprint density at radius 2 is 1.69 bits per heavy atom. The third-order valence-electron chi connectivity index (χ3n) is 5.87. The van der Waals surface area contributed by atoms with E-state index in [1.165, 1.54) is 17.7 Å². The van der Waals surface area contributed by atoms with E-state index in [9.17, 15) is 9.18 Å². The van der Waals surface area contributed by atoms with Crippen molar-refractivity contribution in [1.82, 2.24) is 4.90 Å². The summed E-state index contributed by atoms with van der Waals surface area (Å²) in [5, 5.41) is 0. The number of fused-ring (bicyclic) bond motifs is 1. The monoisotopic (exact) mass is 352 g/mol. The molecule has 1 heterocycles. The second kappa shape index (κ2) is 7.20. The van der Waals surface area contributed by atoms with Crippen LogP contribution in [0.5, 0.6) is 0 Å². The normalized spacial score (nSPS) is 25.6. The maximum atomic E-state index is 13.4. The van der Waals surface area contributed by atoms with Crippen LogP contribution >= 0.6 is 0 Å². The topological polar surface area (TPSA) is 46.3 Å². The highest BCUT2D eigenvalue weighted by Gasteiger charge is 2.36. The van der Waals surface area contributed by atoms with Gasteiger partial charge in [0, 0.05) is 18.5 Å². The van der Waals surface area contributed by atoms with Crippen molar-refractivity contribution in [2.24, 2.45) is 11.7 Å². The van der Waals surface area contributed by atoms with Crippen molar-refractivity contribution in [3.63, 3.8) is 0 Å². The standard InChI is InChI=1S/C22H25FN2O/c23-18-9-5-16(6-10-18)21-20-4-2-1-3-15(20)13-14-25(21)22(26)17-7-11-19(24)12-8-17/h1-6,9-10,17,19,21H,7-8,11-14,24H2/t17-,19+,21-/m0/s1. The summed E-state index contributed by atoms with van der Waals surface area (Å²) < 4.78 is 13.4. The molecule has 1 aliphatic carbocycles. The van der Waals surface area contributed by atoms with Crippen molar-refractivity contribution >= 4 is 5.91 Å². The van der Waals surface area contributed by atoms with Gasteiger partial charge in [-0.2, -0.15) is 0 Å². The van der Waals surface area contributed by atoms with Crippen molar-refractivity contribution in [3.8, 4) is 0 Å². The minimum atomic E-state index is -0.253. The number of hydrogen-bond donors (Lipinski definition) is 1. The second-order valence-corrected chi connectivity index (χ2v) is 7.55. The van der Waals surface area contributed by atoms with Crippen LogP contribution in [-0.2, 0) is 11.2 Å². The zero-order valence-corrected chi connectivity index (χ0v) is 14.9. The van der Waals surface area contributed by atoms with Gasteiger partial charge in [0.25, 0.3) is 0 Å². The first-order chi connectivity index (χ1) is 12.6. The summed E-state index contributed by atoms with van der Waals surface area (Å²) in [6, 6.07) is 15.0. The predicted molar refractivity (Wildman–Crippen MR) is 100 cm³/mol. The Labute approximate surface area is 154 Å². The average molecular weight is 352 g/mol. The quantitative estimate of drug-likeness (QED) is 0.893. The Bertz CT molecular complexity index is 781. The highest BCUT2D eigenvalue weighted by Crippen LogP contribution is 2.37. The van der Waals surface area contributed by atoms with Crippen LogP contribution in [0.15, 0.2) is 48.5 Å². The number of halogens is 1. The van der Waals surface area contributed by atoms with Crippen LogP contribution in [0.1, 0.15) is 48.4 Å². The van der Waals surface area contributed by atoms with E-state index in [0.29, 0.717) is 6.54 Å². The summed E-state index contributed by atoms with van der Waals surface area (Å²) in [6.07, 6.45) is 4.44. The number of carbonyl (C=O) groups excluding carboxylic acids is 1. The van der Waals surface area contributed by atoms with Gasteiger partial charge < -0.3 is 10.6 Å². The number of hydrogen-bond acceptors (Lipinski definition) is 2. The van der Waals surface area contributed by atoms with Crippen molar-refractivity contribution < 1.29 is 9.18 Å². The molecule has 2 aromatic carbocycles. The lowest BCUT2D eigenvalue weighted by atomic mass is 9.83. The molecule has 1 saturated carbocycles. The van der Waals surface area contributed by atoms with E-state index in [1.54, 1.807) is 12.1 Å². The molecule has 2 aromatic rings. The van der Waals surface area contributed by atoms with Gasteiger partial charge in [0.15, 0.2) is 0 Å². The SMILES string of the molecule is N[C@H]1CC[C@@H](C(=O)N2CCc3ccccc3[C@@H]2c2ccc(F)cc2)CC1. The largest absolute Gasteiger partial charge is 0.331 e. The third kappa shape index (κ3) is 3.26. The third-order valence-corrected chi connectivity index (χ3v) is 5.87. The number of benzene rings is 2. The van der Waals surface area contributed by atoms with E-state index in [0.717, 1.165) is 43.2 Å². The van der Waals surface area contributed by atoms with Crippen LogP contribution in [-0.4, -0.2) is 23.4 Å². The van der Waals surface area contributed by atoms with Crippen molar-refractivity contribution in [3.05, 3.63) is 71.0 Å². The minimum Gasteiger partial charge on any atom is -0.331 e. The Balaban J connectivity index is 1.68. The molecule has 0 aromatic heterocycles. The molecule has 1 aliphatic heterocycles. The van der Waals surface area contributed by atoms with Crippen LogP contribution in [0.25, 0.3) is 0 Å². The lowest BCUT2D eigenvalue weighted by molar-refractivity contribution is -0.138. The summed E-state index contributed by atoms with van der Waals surface area (Å²) in [6.45, 7) is 0.709. The maximum Gasteiger partial charge on any atom is 0.226 e. The summed E-state index contributed by atoms with van der Waals surface area (Å²) in [4.78, 5) is 15.3. The fourth-order valence-corrected chi connectivity index (χ4v) is 4.41. The smallest absolute Gasteiger partial charge is 0.226 e. The molecule has 2 N–H and O–H groups in total. The molecule has 0 bridgehead atoms. The van der Waals surface area contributed by atoms with Gasteiger partial charge >= 0.3 is 0 Å². The summed E-state index contributed by atoms with van der Waals surface area (Å²) in [5.41, 5.74) is 9.42. The van der Waals surface area contributed by atoms with Crippen molar-refractivity contribution in [2.75, 3.05) is 6.54 Å². The van der Waals surface area contributed by atoms with Crippen molar-refractivity contribution in [2.45, 2.75) is 44.2 Å². The lowest BCUT2D eigenvalue weighted by Gasteiger charge is -2.40. The molecule has 136 valence electrons. The Morgan fingerprint density at radius 1 is 1.00 bits per heavy atom. The van der Waals surface area contributed by atoms with Crippen molar-refractivity contribution in [1.29, 1.82) is 0 Å². The molecule has 3 nitrogen and oxygen atoms in total. The molecule has 0 unspecified atom stereocenters. The summed E-state index contributed by atoms with van der Waals surface area (Å²) in [7, 11) is 0. The molecule has 0 spiro atoms. The van der Waals surface area contributed by atoms with Crippen LogP contribution in [0.3, 0.4) is 0 Å². The van der Waals surface area contributed by atoms with Gasteiger partial charge in [-0.1, -0.05) is 36.4 Å². The molecular formula is C22H25FN2O. The highest BCUT2D eigenvalue weighted by atomic mass is 19.1. The van der Waals surface area contributed by atoms with E-state index < -0.39 is 0 Å². The van der Waals surface area contributed by atoms with E-state index in [1.807, 2.05) is 17.0 Å². The van der Waals surface area contributed by atoms with Gasteiger partial charge in [0.2, 0.25) is 5.91 Å². The number of rotatable bonds is 2. The Morgan fingerprint density at radius 3 is 2.42 bits per heavy atom. The zero-order valence-electron chi connectivity index (χ0n) is 14.9. The molecule has 0 saturated heterocycles. The fourth-order valence-electron chi connectivity index (χ4n) is 4.41. The Kier molecular flexibility index (Phi) is 4.77. The van der Waals surface area contributed by atoms with Gasteiger partial charge in [-0.15, -0.1) is 0 Å². The molecule has 0 radical (unpaired) electrons. The van der Waals surface area contributed by atoms with Gasteiger partial charge in [0.05, 0.1) is 6.04 Å². The minimum absolute atomic E-state index is 0.0583. The maximum absolute atomic E-state index is 13.4. The van der Waals surface area contributed by atoms with E-state index in [2.05, 4.69) is 12.1 Å². The zero-order chi connectivity index (χ0) is 18.1. The molecule has 1 atom stereocenters. The molecule has 1 fully saturated rings. The molecule has 2 aliphatic rings. The van der Waals surface area contributed by atoms with Crippen LogP contribution in [0.4, 0.5) is 4.39 Å². The molecule has 26 heavy (non-hydrogen) atoms. The van der Waals surface area contributed by atoms with Gasteiger partial charge in [-0.25, -0.2) is 4.39 Å². The van der Waals surface area contributed by atoms with E-state index in [4.69, 9.17) is 5.73 Å². The average Bonchev–Trinajstić information content (AvgIpc) is 2.68. The fraction of sp³-hybridized carbons (Fsp3) is 0.409. The lowest BCUT2D eigenvalue weighted by Crippen LogP contribution is -2.45. The number of nitrogens with two attached hydrogens (primary N) is 1. The first-order valence-electron chi connectivity index (χ1n) is 9.53. The van der Waals surface area contributed by atoms with Gasteiger partial charge in [0.1, 0.15) is 5.82 Å². The molecule has 1 amide bonds. The number of carbonyl (C=O) groups is 1.